The second-order valence-electron chi connectivity index (χ2n) is 7.47. The van der Waals surface area contributed by atoms with Crippen LogP contribution in [0.25, 0.3) is 0 Å². The monoisotopic (exact) mass is 496 g/mol. The fourth-order valence-electron chi connectivity index (χ4n) is 3.54. The smallest absolute Gasteiger partial charge is 0 e. The van der Waals surface area contributed by atoms with Crippen molar-refractivity contribution in [3.8, 4) is 0 Å². The first-order chi connectivity index (χ1) is 14.4. The van der Waals surface area contributed by atoms with Gasteiger partial charge < -0.3 is 30.3 Å². The average Bonchev–Trinajstić information content (AvgIpc) is 3.57. The van der Waals surface area contributed by atoms with E-state index in [9.17, 15) is 0 Å². The minimum absolute atomic E-state index is 0. The summed E-state index contributed by atoms with van der Waals surface area (Å²) in [6.45, 7) is 2.28. The van der Waals surface area contributed by atoms with E-state index >= 15 is 0 Å². The molecule has 4 rings (SSSR count). The van der Waals surface area contributed by atoms with Crippen molar-refractivity contribution in [2.45, 2.75) is 57.8 Å². The Morgan fingerprint density at radius 1 is 0.581 bits per heavy atom. The summed E-state index contributed by atoms with van der Waals surface area (Å²) in [5.74, 6) is 0.608. The van der Waals surface area contributed by atoms with Crippen LogP contribution < -0.4 is 0 Å². The minimum atomic E-state index is 0. The summed E-state index contributed by atoms with van der Waals surface area (Å²) in [6, 6.07) is 37.7. The molecule has 4 aromatic rings. The zero-order valence-corrected chi connectivity index (χ0v) is 20.8. The summed E-state index contributed by atoms with van der Waals surface area (Å²) in [5, 5.41) is 0. The summed E-state index contributed by atoms with van der Waals surface area (Å²) in [4.78, 5) is 0. The van der Waals surface area contributed by atoms with Crippen molar-refractivity contribution in [2.75, 3.05) is 0 Å². The molecule has 0 atom stereocenters. The molecule has 2 heteroatoms. The van der Waals surface area contributed by atoms with Crippen LogP contribution in [0, 0.1) is 0 Å². The van der Waals surface area contributed by atoms with Gasteiger partial charge in [0.25, 0.3) is 0 Å². The molecule has 0 aliphatic heterocycles. The van der Waals surface area contributed by atoms with Gasteiger partial charge >= 0.3 is 0 Å². The average molecular weight is 496 g/mol. The molecule has 4 aromatic carbocycles. The summed E-state index contributed by atoms with van der Waals surface area (Å²) in [7, 11) is 0. The SMILES string of the molecule is CCCCCCCCC([c-]1cccc1)[c-]1cccc1.[Fe].[Fe].[cH-]1[cH-][cH-][cH-][cH-]1.c1cc[cH-]c1. The third kappa shape index (κ3) is 13.5. The molecule has 0 N–H and O–H groups in total. The molecule has 0 heterocycles. The summed E-state index contributed by atoms with van der Waals surface area (Å²) < 4.78 is 0. The first-order valence-electron chi connectivity index (χ1n) is 11.2. The van der Waals surface area contributed by atoms with Gasteiger partial charge in [0.05, 0.1) is 0 Å². The van der Waals surface area contributed by atoms with Gasteiger partial charge in [-0.2, -0.15) is 53.6 Å². The van der Waals surface area contributed by atoms with Crippen molar-refractivity contribution in [3.05, 3.63) is 120 Å². The van der Waals surface area contributed by atoms with Gasteiger partial charge in [-0.15, -0.1) is 0 Å². The molecular formula is C29H36Fe2-8. The van der Waals surface area contributed by atoms with Crippen LogP contribution in [0.5, 0.6) is 0 Å². The molecule has 0 fully saturated rings. The van der Waals surface area contributed by atoms with E-state index in [-0.39, 0.29) is 34.1 Å². The molecule has 0 aliphatic carbocycles. The number of hydrogen-bond donors (Lipinski definition) is 0. The maximum atomic E-state index is 2.28. The Bertz CT molecular complexity index is 652. The molecule has 0 radical (unpaired) electrons. The number of unbranched alkanes of at least 4 members (excludes halogenated alkanes) is 5. The standard InChI is InChI=1S/C19H26.2C5H5.2Fe/c1-2-3-4-5-6-7-16-19(17-12-8-9-13-17)18-14-10-11-15-18;2*1-2-4-5-3-1;;/h8-15,19H,2-7,16H2,1H3;2*1-5H;;/q-2;-5;-1;;. The van der Waals surface area contributed by atoms with Crippen LogP contribution in [0.1, 0.15) is 68.9 Å². The zero-order chi connectivity index (χ0) is 20.4. The van der Waals surface area contributed by atoms with Gasteiger partial charge in [0.1, 0.15) is 0 Å². The Morgan fingerprint density at radius 2 is 1.00 bits per heavy atom. The van der Waals surface area contributed by atoms with E-state index < -0.39 is 0 Å². The van der Waals surface area contributed by atoms with E-state index in [1.165, 1.54) is 56.1 Å². The van der Waals surface area contributed by atoms with Crippen LogP contribution in [-0.4, -0.2) is 0 Å². The van der Waals surface area contributed by atoms with Crippen LogP contribution in [0.3, 0.4) is 0 Å². The topological polar surface area (TPSA) is 0 Å². The van der Waals surface area contributed by atoms with Crippen LogP contribution in [-0.2, 0) is 34.1 Å². The molecule has 0 saturated carbocycles. The second kappa shape index (κ2) is 20.3. The third-order valence-electron chi connectivity index (χ3n) is 5.14. The van der Waals surface area contributed by atoms with Gasteiger partial charge in [-0.3, -0.25) is 0 Å². The van der Waals surface area contributed by atoms with Gasteiger partial charge in [-0.05, 0) is 0 Å². The Kier molecular flexibility index (Phi) is 19.3. The molecule has 31 heavy (non-hydrogen) atoms. The molecule has 0 saturated heterocycles. The van der Waals surface area contributed by atoms with Gasteiger partial charge in [0.15, 0.2) is 0 Å². The van der Waals surface area contributed by atoms with Crippen LogP contribution in [0.15, 0.2) is 109 Å². The number of hydrogen-bond acceptors (Lipinski definition) is 0. The normalized spacial score (nSPS) is 9.48. The Balaban J connectivity index is 0.000000615. The fraction of sp³-hybridized carbons (Fsp3) is 0.310. The van der Waals surface area contributed by atoms with Crippen molar-refractivity contribution in [1.29, 1.82) is 0 Å². The molecule has 0 bridgehead atoms. The van der Waals surface area contributed by atoms with Crippen molar-refractivity contribution in [2.24, 2.45) is 0 Å². The maximum absolute atomic E-state index is 2.28. The first kappa shape index (κ1) is 29.4. The summed E-state index contributed by atoms with van der Waals surface area (Å²) >= 11 is 0. The summed E-state index contributed by atoms with van der Waals surface area (Å²) in [6.07, 6.45) is 9.58. The van der Waals surface area contributed by atoms with E-state index in [0.717, 1.165) is 0 Å². The minimum Gasteiger partial charge on any atom is -0.748 e. The first-order valence-corrected chi connectivity index (χ1v) is 11.2. The van der Waals surface area contributed by atoms with E-state index in [1.807, 2.05) is 60.7 Å². The van der Waals surface area contributed by atoms with Crippen molar-refractivity contribution in [3.63, 3.8) is 0 Å². The summed E-state index contributed by atoms with van der Waals surface area (Å²) in [5.41, 5.74) is 2.97. The molecular weight excluding hydrogens is 460 g/mol. The van der Waals surface area contributed by atoms with E-state index in [0.29, 0.717) is 5.92 Å². The van der Waals surface area contributed by atoms with Crippen LogP contribution in [0.4, 0.5) is 0 Å². The molecule has 0 unspecified atom stereocenters. The van der Waals surface area contributed by atoms with Gasteiger partial charge in [-0.25, -0.2) is 36.4 Å². The van der Waals surface area contributed by atoms with E-state index in [1.54, 1.807) is 0 Å². The van der Waals surface area contributed by atoms with Crippen molar-refractivity contribution >= 4 is 0 Å². The molecule has 0 aromatic heterocycles. The molecule has 176 valence electrons. The van der Waals surface area contributed by atoms with Gasteiger partial charge in [0.2, 0.25) is 0 Å². The van der Waals surface area contributed by atoms with Crippen molar-refractivity contribution in [1.82, 2.24) is 0 Å². The quantitative estimate of drug-likeness (QED) is 0.123. The van der Waals surface area contributed by atoms with Crippen LogP contribution in [0.2, 0.25) is 0 Å². The Labute approximate surface area is 211 Å². The van der Waals surface area contributed by atoms with Gasteiger partial charge in [-0.1, -0.05) is 57.8 Å². The zero-order valence-electron chi connectivity index (χ0n) is 18.6. The number of rotatable bonds is 9. The predicted octanol–water partition coefficient (Wildman–Crippen LogP) is 8.81. The van der Waals surface area contributed by atoms with Crippen LogP contribution >= 0.6 is 0 Å². The molecule has 0 aliphatic rings. The fourth-order valence-corrected chi connectivity index (χ4v) is 3.54. The second-order valence-corrected chi connectivity index (χ2v) is 7.47. The Morgan fingerprint density at radius 3 is 1.39 bits per heavy atom. The van der Waals surface area contributed by atoms with Crippen molar-refractivity contribution < 1.29 is 34.1 Å². The largest absolute Gasteiger partial charge is 0.748 e. The predicted molar refractivity (Wildman–Crippen MR) is 128 cm³/mol. The third-order valence-corrected chi connectivity index (χ3v) is 5.14. The van der Waals surface area contributed by atoms with Gasteiger partial charge in [0, 0.05) is 34.1 Å². The Hall–Kier alpha value is -1.56. The molecule has 0 spiro atoms. The molecule has 0 nitrogen and oxygen atoms in total. The van der Waals surface area contributed by atoms with E-state index in [2.05, 4.69) is 55.5 Å². The maximum Gasteiger partial charge on any atom is 0 e. The van der Waals surface area contributed by atoms with E-state index in [4.69, 9.17) is 0 Å². The molecule has 0 amide bonds.